The van der Waals surface area contributed by atoms with Crippen molar-refractivity contribution in [1.82, 2.24) is 15.2 Å². The Morgan fingerprint density at radius 2 is 1.74 bits per heavy atom. The van der Waals surface area contributed by atoms with Gasteiger partial charge in [0.2, 0.25) is 0 Å². The first kappa shape index (κ1) is 26.0. The van der Waals surface area contributed by atoms with Crippen LogP contribution in [0.3, 0.4) is 0 Å². The zero-order valence-electron chi connectivity index (χ0n) is 21.1. The van der Waals surface area contributed by atoms with Gasteiger partial charge in [0.05, 0.1) is 11.1 Å². The molecule has 3 rings (SSSR count). The van der Waals surface area contributed by atoms with Gasteiger partial charge in [0.25, 0.3) is 5.91 Å². The SMILES string of the molecule is CSc1cccc(Nc2cc(C(=O)NCCCN(CC(C)C)CC(C)C)c3ccccc3n2)c1. The van der Waals surface area contributed by atoms with Crippen molar-refractivity contribution in [2.75, 3.05) is 37.8 Å². The molecular weight excluding hydrogens is 440 g/mol. The third kappa shape index (κ3) is 7.74. The third-order valence-corrected chi connectivity index (χ3v) is 6.21. The molecule has 6 heteroatoms. The number of nitrogens with zero attached hydrogens (tertiary/aromatic N) is 2. The largest absolute Gasteiger partial charge is 0.352 e. The second-order valence-corrected chi connectivity index (χ2v) is 10.5. The van der Waals surface area contributed by atoms with Gasteiger partial charge in [-0.25, -0.2) is 4.98 Å². The van der Waals surface area contributed by atoms with Crippen LogP contribution in [0.5, 0.6) is 0 Å². The molecule has 0 radical (unpaired) electrons. The van der Waals surface area contributed by atoms with E-state index in [4.69, 9.17) is 4.98 Å². The summed E-state index contributed by atoms with van der Waals surface area (Å²) in [4.78, 5) is 21.6. The summed E-state index contributed by atoms with van der Waals surface area (Å²) in [6, 6.07) is 17.9. The smallest absolute Gasteiger partial charge is 0.252 e. The number of hydrogen-bond donors (Lipinski definition) is 2. The molecule has 0 saturated heterocycles. The van der Waals surface area contributed by atoms with E-state index in [1.807, 2.05) is 42.5 Å². The zero-order chi connectivity index (χ0) is 24.5. The number of hydrogen-bond acceptors (Lipinski definition) is 5. The third-order valence-electron chi connectivity index (χ3n) is 5.49. The topological polar surface area (TPSA) is 57.3 Å². The van der Waals surface area contributed by atoms with Gasteiger partial charge in [-0.2, -0.15) is 0 Å². The molecule has 0 spiro atoms. The molecule has 1 amide bonds. The first-order valence-electron chi connectivity index (χ1n) is 12.2. The number of thioether (sulfide) groups is 1. The Labute approximate surface area is 208 Å². The maximum absolute atomic E-state index is 13.2. The second-order valence-electron chi connectivity index (χ2n) is 9.59. The van der Waals surface area contributed by atoms with Crippen LogP contribution in [0.4, 0.5) is 11.5 Å². The molecule has 0 atom stereocenters. The number of para-hydroxylation sites is 1. The van der Waals surface area contributed by atoms with Gasteiger partial charge in [-0.1, -0.05) is 52.0 Å². The standard InChI is InChI=1S/C28H38N4OS/c1-20(2)18-32(19-21(3)4)15-9-14-29-28(33)25-17-27(31-26-13-7-6-12-24(25)26)30-22-10-8-11-23(16-22)34-5/h6-8,10-13,16-17,20-21H,9,14-15,18-19H2,1-5H3,(H,29,33)(H,30,31). The Balaban J connectivity index is 1.70. The molecule has 34 heavy (non-hydrogen) atoms. The lowest BCUT2D eigenvalue weighted by atomic mass is 10.1. The summed E-state index contributed by atoms with van der Waals surface area (Å²) in [5.41, 5.74) is 2.41. The van der Waals surface area contributed by atoms with E-state index in [0.717, 1.165) is 42.6 Å². The van der Waals surface area contributed by atoms with Gasteiger partial charge in [-0.3, -0.25) is 4.79 Å². The Hall–Kier alpha value is -2.57. The zero-order valence-corrected chi connectivity index (χ0v) is 21.9. The van der Waals surface area contributed by atoms with Crippen LogP contribution < -0.4 is 10.6 Å². The van der Waals surface area contributed by atoms with Crippen LogP contribution in [0.1, 0.15) is 44.5 Å². The molecule has 0 bridgehead atoms. The van der Waals surface area contributed by atoms with Crippen molar-refractivity contribution in [3.8, 4) is 0 Å². The maximum Gasteiger partial charge on any atom is 0.252 e. The summed E-state index contributed by atoms with van der Waals surface area (Å²) < 4.78 is 0. The molecule has 0 aliphatic carbocycles. The van der Waals surface area contributed by atoms with Crippen molar-refractivity contribution >= 4 is 40.1 Å². The normalized spacial score (nSPS) is 11.5. The molecule has 1 heterocycles. The van der Waals surface area contributed by atoms with Crippen LogP contribution in [0.25, 0.3) is 10.9 Å². The van der Waals surface area contributed by atoms with E-state index in [0.29, 0.717) is 29.8 Å². The van der Waals surface area contributed by atoms with Crippen LogP contribution >= 0.6 is 11.8 Å². The van der Waals surface area contributed by atoms with Crippen LogP contribution in [0.2, 0.25) is 0 Å². The molecular formula is C28H38N4OS. The molecule has 2 aromatic carbocycles. The van der Waals surface area contributed by atoms with Crippen molar-refractivity contribution in [3.05, 3.63) is 60.2 Å². The minimum absolute atomic E-state index is 0.0567. The summed E-state index contributed by atoms with van der Waals surface area (Å²) in [6.07, 6.45) is 2.99. The summed E-state index contributed by atoms with van der Waals surface area (Å²) in [7, 11) is 0. The predicted molar refractivity (Wildman–Crippen MR) is 146 cm³/mol. The number of carbonyl (C=O) groups excluding carboxylic acids is 1. The average Bonchev–Trinajstić information content (AvgIpc) is 2.80. The van der Waals surface area contributed by atoms with Crippen molar-refractivity contribution in [2.45, 2.75) is 39.0 Å². The Bertz CT molecular complexity index is 1070. The monoisotopic (exact) mass is 478 g/mol. The molecule has 182 valence electrons. The van der Waals surface area contributed by atoms with Gasteiger partial charge in [0, 0.05) is 35.6 Å². The van der Waals surface area contributed by atoms with Gasteiger partial charge in [-0.15, -0.1) is 11.8 Å². The number of aromatic nitrogens is 1. The van der Waals surface area contributed by atoms with Crippen molar-refractivity contribution in [1.29, 1.82) is 0 Å². The summed E-state index contributed by atoms with van der Waals surface area (Å²) in [5, 5.41) is 7.38. The van der Waals surface area contributed by atoms with Gasteiger partial charge >= 0.3 is 0 Å². The maximum atomic E-state index is 13.2. The fraction of sp³-hybridized carbons (Fsp3) is 0.429. The summed E-state index contributed by atoms with van der Waals surface area (Å²) in [5.74, 6) is 1.89. The predicted octanol–water partition coefficient (Wildman–Crippen LogP) is 6.43. The van der Waals surface area contributed by atoms with Crippen molar-refractivity contribution in [3.63, 3.8) is 0 Å². The first-order chi connectivity index (χ1) is 16.4. The highest BCUT2D eigenvalue weighted by atomic mass is 32.2. The van der Waals surface area contributed by atoms with E-state index in [9.17, 15) is 4.79 Å². The van der Waals surface area contributed by atoms with Crippen molar-refractivity contribution < 1.29 is 4.79 Å². The summed E-state index contributed by atoms with van der Waals surface area (Å²) >= 11 is 1.70. The lowest BCUT2D eigenvalue weighted by Crippen LogP contribution is -2.34. The molecule has 1 aromatic heterocycles. The van der Waals surface area contributed by atoms with E-state index in [1.54, 1.807) is 11.8 Å². The highest BCUT2D eigenvalue weighted by Crippen LogP contribution is 2.25. The number of benzene rings is 2. The minimum Gasteiger partial charge on any atom is -0.352 e. The van der Waals surface area contributed by atoms with E-state index in [2.05, 4.69) is 61.6 Å². The highest BCUT2D eigenvalue weighted by Gasteiger charge is 2.14. The molecule has 3 aromatic rings. The Kier molecular flexibility index (Phi) is 9.78. The van der Waals surface area contributed by atoms with E-state index < -0.39 is 0 Å². The van der Waals surface area contributed by atoms with Crippen LogP contribution in [-0.2, 0) is 0 Å². The number of rotatable bonds is 12. The van der Waals surface area contributed by atoms with Gasteiger partial charge in [0.15, 0.2) is 0 Å². The molecule has 0 unspecified atom stereocenters. The van der Waals surface area contributed by atoms with Crippen molar-refractivity contribution in [2.24, 2.45) is 11.8 Å². The Morgan fingerprint density at radius 3 is 2.44 bits per heavy atom. The molecule has 5 nitrogen and oxygen atoms in total. The fourth-order valence-electron chi connectivity index (χ4n) is 4.17. The number of carbonyl (C=O) groups is 1. The molecule has 0 saturated carbocycles. The molecule has 0 fully saturated rings. The van der Waals surface area contributed by atoms with Crippen LogP contribution in [-0.4, -0.2) is 48.2 Å². The van der Waals surface area contributed by atoms with E-state index >= 15 is 0 Å². The summed E-state index contributed by atoms with van der Waals surface area (Å²) in [6.45, 7) is 12.9. The fourth-order valence-corrected chi connectivity index (χ4v) is 4.63. The lowest BCUT2D eigenvalue weighted by molar-refractivity contribution is 0.0952. The number of amides is 1. The number of anilines is 2. The van der Waals surface area contributed by atoms with Gasteiger partial charge in [0.1, 0.15) is 5.82 Å². The van der Waals surface area contributed by atoms with Crippen LogP contribution in [0, 0.1) is 11.8 Å². The molecule has 2 N–H and O–H groups in total. The minimum atomic E-state index is -0.0567. The average molecular weight is 479 g/mol. The molecule has 0 aliphatic heterocycles. The highest BCUT2D eigenvalue weighted by molar-refractivity contribution is 7.98. The van der Waals surface area contributed by atoms with E-state index in [1.165, 1.54) is 4.90 Å². The second kappa shape index (κ2) is 12.8. The number of pyridine rings is 1. The van der Waals surface area contributed by atoms with Gasteiger partial charge < -0.3 is 15.5 Å². The first-order valence-corrected chi connectivity index (χ1v) is 13.4. The number of nitrogens with one attached hydrogen (secondary N) is 2. The Morgan fingerprint density at radius 1 is 1.00 bits per heavy atom. The van der Waals surface area contributed by atoms with E-state index in [-0.39, 0.29) is 5.91 Å². The quantitative estimate of drug-likeness (QED) is 0.232. The van der Waals surface area contributed by atoms with Gasteiger partial charge in [-0.05, 0) is 61.4 Å². The molecule has 0 aliphatic rings. The number of fused-ring (bicyclic) bond motifs is 1. The van der Waals surface area contributed by atoms with Crippen LogP contribution in [0.15, 0.2) is 59.5 Å². The lowest BCUT2D eigenvalue weighted by Gasteiger charge is -2.26.